The average Bonchev–Trinajstić information content (AvgIpc) is 2.87. The van der Waals surface area contributed by atoms with E-state index in [2.05, 4.69) is 17.1 Å². The van der Waals surface area contributed by atoms with Crippen LogP contribution in [0.4, 0.5) is 0 Å². The molecule has 92 valence electrons. The van der Waals surface area contributed by atoms with Gasteiger partial charge in [-0.15, -0.1) is 0 Å². The second-order valence-corrected chi connectivity index (χ2v) is 4.10. The maximum Gasteiger partial charge on any atom is 0.220 e. The van der Waals surface area contributed by atoms with Crippen LogP contribution in [0.15, 0.2) is 59.0 Å². The summed E-state index contributed by atoms with van der Waals surface area (Å²) in [6, 6.07) is 16.0. The minimum atomic E-state index is 0.437. The summed E-state index contributed by atoms with van der Waals surface area (Å²) in [6.07, 6.45) is 3.61. The monoisotopic (exact) mass is 249 g/mol. The molecule has 3 rings (SSSR count). The molecular formula is C16H11NO2. The molecule has 0 unspecified atom stereocenters. The fraction of sp³-hybridized carbons (Fsp3) is 0. The van der Waals surface area contributed by atoms with E-state index in [1.54, 1.807) is 6.08 Å². The first-order chi connectivity index (χ1) is 9.36. The highest BCUT2D eigenvalue weighted by atomic mass is 16.3. The molecule has 3 heteroatoms. The zero-order valence-corrected chi connectivity index (χ0v) is 10.1. The molecule has 3 aromatic rings. The Balaban J connectivity index is 2.06. The molecule has 0 fully saturated rings. The zero-order valence-electron chi connectivity index (χ0n) is 10.1. The van der Waals surface area contributed by atoms with Gasteiger partial charge in [-0.25, -0.2) is 4.98 Å². The van der Waals surface area contributed by atoms with Crippen LogP contribution in [-0.2, 0) is 4.79 Å². The van der Waals surface area contributed by atoms with E-state index in [0.717, 1.165) is 16.6 Å². The van der Waals surface area contributed by atoms with E-state index in [1.165, 1.54) is 6.08 Å². The number of fused-ring (bicyclic) bond motifs is 1. The third kappa shape index (κ3) is 2.31. The van der Waals surface area contributed by atoms with Gasteiger partial charge in [-0.1, -0.05) is 36.4 Å². The predicted molar refractivity (Wildman–Crippen MR) is 74.5 cm³/mol. The number of allylic oxidation sites excluding steroid dienone is 1. The predicted octanol–water partition coefficient (Wildman–Crippen LogP) is 3.71. The summed E-state index contributed by atoms with van der Waals surface area (Å²) in [5, 5.41) is 0. The topological polar surface area (TPSA) is 43.1 Å². The van der Waals surface area contributed by atoms with Gasteiger partial charge < -0.3 is 4.42 Å². The lowest BCUT2D eigenvalue weighted by Gasteiger charge is -1.99. The number of hydrogen-bond donors (Lipinski definition) is 0. The molecule has 0 saturated carbocycles. The molecular weight excluding hydrogens is 238 g/mol. The fourth-order valence-corrected chi connectivity index (χ4v) is 1.95. The maximum absolute atomic E-state index is 10.3. The molecule has 0 atom stereocenters. The van der Waals surface area contributed by atoms with Gasteiger partial charge in [-0.2, -0.15) is 0 Å². The van der Waals surface area contributed by atoms with E-state index in [9.17, 15) is 4.79 Å². The Kier molecular flexibility index (Phi) is 2.94. The molecule has 0 radical (unpaired) electrons. The SMILES string of the molecule is O=CC=Cc1nc2cc(-c3ccccc3)ccc2o1. The van der Waals surface area contributed by atoms with Gasteiger partial charge in [-0.3, -0.25) is 4.79 Å². The largest absolute Gasteiger partial charge is 0.437 e. The average molecular weight is 249 g/mol. The highest BCUT2D eigenvalue weighted by Gasteiger charge is 2.05. The van der Waals surface area contributed by atoms with Crippen molar-refractivity contribution in [1.29, 1.82) is 0 Å². The zero-order chi connectivity index (χ0) is 13.1. The molecule has 0 aliphatic heterocycles. The Morgan fingerprint density at radius 1 is 1.00 bits per heavy atom. The molecule has 0 spiro atoms. The van der Waals surface area contributed by atoms with E-state index in [1.807, 2.05) is 36.4 Å². The van der Waals surface area contributed by atoms with Crippen molar-refractivity contribution in [3.8, 4) is 11.1 Å². The molecule has 1 aromatic heterocycles. The van der Waals surface area contributed by atoms with Crippen molar-refractivity contribution >= 4 is 23.5 Å². The second-order valence-electron chi connectivity index (χ2n) is 4.10. The summed E-state index contributed by atoms with van der Waals surface area (Å²) < 4.78 is 5.50. The first-order valence-electron chi connectivity index (χ1n) is 5.95. The number of carbonyl (C=O) groups is 1. The van der Waals surface area contributed by atoms with Crippen LogP contribution in [-0.4, -0.2) is 11.3 Å². The van der Waals surface area contributed by atoms with Gasteiger partial charge in [0.2, 0.25) is 5.89 Å². The number of aromatic nitrogens is 1. The third-order valence-electron chi connectivity index (χ3n) is 2.83. The summed E-state index contributed by atoms with van der Waals surface area (Å²) in [6.45, 7) is 0. The maximum atomic E-state index is 10.3. The summed E-state index contributed by atoms with van der Waals surface area (Å²) in [7, 11) is 0. The van der Waals surface area contributed by atoms with Crippen molar-refractivity contribution < 1.29 is 9.21 Å². The minimum absolute atomic E-state index is 0.437. The molecule has 0 aliphatic rings. The first kappa shape index (κ1) is 11.4. The third-order valence-corrected chi connectivity index (χ3v) is 2.83. The molecule has 0 bridgehead atoms. The van der Waals surface area contributed by atoms with Crippen LogP contribution in [0.2, 0.25) is 0 Å². The van der Waals surface area contributed by atoms with E-state index in [4.69, 9.17) is 4.42 Å². The Bertz CT molecular complexity index is 742. The van der Waals surface area contributed by atoms with Crippen molar-refractivity contribution in [1.82, 2.24) is 4.98 Å². The number of hydrogen-bond acceptors (Lipinski definition) is 3. The van der Waals surface area contributed by atoms with Crippen LogP contribution in [0, 0.1) is 0 Å². The standard InChI is InChI=1S/C16H11NO2/c18-10-4-7-16-17-14-11-13(8-9-15(14)19-16)12-5-2-1-3-6-12/h1-11H. The van der Waals surface area contributed by atoms with Crippen molar-refractivity contribution in [3.63, 3.8) is 0 Å². The summed E-state index contributed by atoms with van der Waals surface area (Å²) >= 11 is 0. The number of benzene rings is 2. The normalized spacial score (nSPS) is 11.2. The second kappa shape index (κ2) is 4.90. The lowest BCUT2D eigenvalue weighted by molar-refractivity contribution is -0.104. The Hall–Kier alpha value is -2.68. The molecule has 2 aromatic carbocycles. The van der Waals surface area contributed by atoms with Crippen LogP contribution < -0.4 is 0 Å². The fourth-order valence-electron chi connectivity index (χ4n) is 1.95. The van der Waals surface area contributed by atoms with Gasteiger partial charge in [0.1, 0.15) is 11.8 Å². The molecule has 0 amide bonds. The molecule has 0 saturated heterocycles. The van der Waals surface area contributed by atoms with Gasteiger partial charge in [-0.05, 0) is 29.3 Å². The van der Waals surface area contributed by atoms with Crippen LogP contribution in [0.1, 0.15) is 5.89 Å². The van der Waals surface area contributed by atoms with Crippen LogP contribution >= 0.6 is 0 Å². The van der Waals surface area contributed by atoms with Crippen LogP contribution in [0.3, 0.4) is 0 Å². The lowest BCUT2D eigenvalue weighted by Crippen LogP contribution is -1.77. The van der Waals surface area contributed by atoms with E-state index in [-0.39, 0.29) is 0 Å². The van der Waals surface area contributed by atoms with E-state index >= 15 is 0 Å². The number of oxazole rings is 1. The first-order valence-corrected chi connectivity index (χ1v) is 5.95. The van der Waals surface area contributed by atoms with E-state index < -0.39 is 0 Å². The highest BCUT2D eigenvalue weighted by Crippen LogP contribution is 2.24. The van der Waals surface area contributed by atoms with Crippen molar-refractivity contribution in [2.45, 2.75) is 0 Å². The number of aldehydes is 1. The highest BCUT2D eigenvalue weighted by molar-refractivity contribution is 5.82. The van der Waals surface area contributed by atoms with Gasteiger partial charge in [0, 0.05) is 6.08 Å². The Morgan fingerprint density at radius 2 is 1.84 bits per heavy atom. The molecule has 0 N–H and O–H groups in total. The van der Waals surface area contributed by atoms with Crippen molar-refractivity contribution in [2.24, 2.45) is 0 Å². The Morgan fingerprint density at radius 3 is 2.63 bits per heavy atom. The van der Waals surface area contributed by atoms with Gasteiger partial charge in [0.25, 0.3) is 0 Å². The van der Waals surface area contributed by atoms with E-state index in [0.29, 0.717) is 17.8 Å². The van der Waals surface area contributed by atoms with Gasteiger partial charge in [0.15, 0.2) is 5.58 Å². The molecule has 3 nitrogen and oxygen atoms in total. The van der Waals surface area contributed by atoms with Crippen molar-refractivity contribution in [2.75, 3.05) is 0 Å². The van der Waals surface area contributed by atoms with Gasteiger partial charge >= 0.3 is 0 Å². The number of carbonyl (C=O) groups excluding carboxylic acids is 1. The van der Waals surface area contributed by atoms with Crippen molar-refractivity contribution in [3.05, 3.63) is 60.5 Å². The molecule has 0 aliphatic carbocycles. The van der Waals surface area contributed by atoms with Gasteiger partial charge in [0.05, 0.1) is 0 Å². The molecule has 19 heavy (non-hydrogen) atoms. The summed E-state index contributed by atoms with van der Waals surface area (Å²) in [5.41, 5.74) is 3.72. The van der Waals surface area contributed by atoms with Crippen LogP contribution in [0.25, 0.3) is 28.3 Å². The number of nitrogens with zero attached hydrogens (tertiary/aromatic N) is 1. The van der Waals surface area contributed by atoms with Crippen LogP contribution in [0.5, 0.6) is 0 Å². The quantitative estimate of drug-likeness (QED) is 0.525. The Labute approximate surface area is 110 Å². The summed E-state index contributed by atoms with van der Waals surface area (Å²) in [4.78, 5) is 14.6. The summed E-state index contributed by atoms with van der Waals surface area (Å²) in [5.74, 6) is 0.437. The number of rotatable bonds is 3. The lowest BCUT2D eigenvalue weighted by atomic mass is 10.1. The molecule has 1 heterocycles. The minimum Gasteiger partial charge on any atom is -0.437 e. The smallest absolute Gasteiger partial charge is 0.220 e.